The molecule has 0 radical (unpaired) electrons. The van der Waals surface area contributed by atoms with Crippen molar-refractivity contribution in [2.24, 2.45) is 0 Å². The van der Waals surface area contributed by atoms with E-state index in [2.05, 4.69) is 164 Å². The van der Waals surface area contributed by atoms with Crippen LogP contribution in [0.15, 0.2) is 182 Å². The van der Waals surface area contributed by atoms with Crippen LogP contribution < -0.4 is 9.47 Å². The summed E-state index contributed by atoms with van der Waals surface area (Å²) in [7, 11) is 0. The highest BCUT2D eigenvalue weighted by molar-refractivity contribution is 6.03. The van der Waals surface area contributed by atoms with Crippen LogP contribution in [0, 0.1) is 0 Å². The SMILES string of the molecule is C(=C\c1ccc(-c2ccc3c(c2)-c2c(ccc4c2Oc2ccccc2O4)C3(c2ccccc2)c2ccccc2)c2ccccc12)/c1ccccc1. The number of para-hydroxylation sites is 2. The monoisotopic (exact) mass is 652 g/mol. The molecule has 0 saturated carbocycles. The number of rotatable bonds is 5. The summed E-state index contributed by atoms with van der Waals surface area (Å²) in [5, 5.41) is 2.43. The summed E-state index contributed by atoms with van der Waals surface area (Å²) in [4.78, 5) is 0. The highest BCUT2D eigenvalue weighted by Gasteiger charge is 2.48. The molecular formula is C49H32O2. The zero-order valence-electron chi connectivity index (χ0n) is 27.8. The maximum absolute atomic E-state index is 6.80. The molecule has 0 N–H and O–H groups in total. The van der Waals surface area contributed by atoms with Crippen LogP contribution >= 0.6 is 0 Å². The van der Waals surface area contributed by atoms with Gasteiger partial charge in [0, 0.05) is 5.56 Å². The summed E-state index contributed by atoms with van der Waals surface area (Å²) in [6, 6.07) is 64.7. The maximum Gasteiger partial charge on any atom is 0.178 e. The van der Waals surface area contributed by atoms with E-state index in [9.17, 15) is 0 Å². The van der Waals surface area contributed by atoms with E-state index < -0.39 is 5.41 Å². The smallest absolute Gasteiger partial charge is 0.178 e. The standard InChI is InChI=1S/C49H32O2/c1-4-14-33(15-5-1)24-25-34-26-28-39(40-21-11-10-20-38(34)40)35-27-29-42-41(32-35)47-43(30-31-46-48(47)51-45-23-13-12-22-44(45)50-46)49(42,36-16-6-2-7-17-36)37-18-8-3-9-19-37/h1-32H/b25-24+. The van der Waals surface area contributed by atoms with Crippen molar-refractivity contribution in [1.82, 2.24) is 0 Å². The summed E-state index contributed by atoms with van der Waals surface area (Å²) < 4.78 is 13.3. The van der Waals surface area contributed by atoms with Gasteiger partial charge in [-0.1, -0.05) is 170 Å². The number of hydrogen-bond acceptors (Lipinski definition) is 2. The minimum Gasteiger partial charge on any atom is -0.449 e. The first-order valence-electron chi connectivity index (χ1n) is 17.4. The average molecular weight is 653 g/mol. The first-order chi connectivity index (χ1) is 25.3. The van der Waals surface area contributed by atoms with Crippen LogP contribution in [0.2, 0.25) is 0 Å². The highest BCUT2D eigenvalue weighted by Crippen LogP contribution is 2.62. The fourth-order valence-electron chi connectivity index (χ4n) is 8.20. The van der Waals surface area contributed by atoms with Gasteiger partial charge < -0.3 is 9.47 Å². The second kappa shape index (κ2) is 11.8. The van der Waals surface area contributed by atoms with Crippen LogP contribution in [0.4, 0.5) is 0 Å². The van der Waals surface area contributed by atoms with Crippen molar-refractivity contribution in [3.05, 3.63) is 215 Å². The van der Waals surface area contributed by atoms with Crippen molar-refractivity contribution in [2.45, 2.75) is 5.41 Å². The largest absolute Gasteiger partial charge is 0.449 e. The Kier molecular flexibility index (Phi) is 6.75. The van der Waals surface area contributed by atoms with Gasteiger partial charge in [-0.05, 0) is 85.1 Å². The van der Waals surface area contributed by atoms with E-state index in [4.69, 9.17) is 9.47 Å². The first kappa shape index (κ1) is 29.3. The number of hydrogen-bond donors (Lipinski definition) is 0. The summed E-state index contributed by atoms with van der Waals surface area (Å²) in [6.07, 6.45) is 4.40. The van der Waals surface area contributed by atoms with Gasteiger partial charge in [-0.25, -0.2) is 0 Å². The summed E-state index contributed by atoms with van der Waals surface area (Å²) in [5.74, 6) is 2.92. The topological polar surface area (TPSA) is 18.5 Å². The van der Waals surface area contributed by atoms with Crippen LogP contribution in [0.5, 0.6) is 23.0 Å². The molecule has 2 aliphatic rings. The van der Waals surface area contributed by atoms with Gasteiger partial charge in [-0.15, -0.1) is 0 Å². The van der Waals surface area contributed by atoms with Crippen LogP contribution in [0.25, 0.3) is 45.2 Å². The molecule has 8 aromatic carbocycles. The quantitative estimate of drug-likeness (QED) is 0.172. The van der Waals surface area contributed by atoms with Gasteiger partial charge in [0.1, 0.15) is 0 Å². The molecule has 1 heterocycles. The second-order valence-corrected chi connectivity index (χ2v) is 13.2. The average Bonchev–Trinajstić information content (AvgIpc) is 3.51. The van der Waals surface area contributed by atoms with Gasteiger partial charge in [0.25, 0.3) is 0 Å². The van der Waals surface area contributed by atoms with Gasteiger partial charge in [-0.3, -0.25) is 0 Å². The lowest BCUT2D eigenvalue weighted by Crippen LogP contribution is -2.28. The van der Waals surface area contributed by atoms with E-state index >= 15 is 0 Å². The molecule has 51 heavy (non-hydrogen) atoms. The van der Waals surface area contributed by atoms with Gasteiger partial charge in [-0.2, -0.15) is 0 Å². The van der Waals surface area contributed by atoms with Crippen LogP contribution in [-0.4, -0.2) is 0 Å². The summed E-state index contributed by atoms with van der Waals surface area (Å²) in [5.41, 5.74) is 11.2. The van der Waals surface area contributed by atoms with Gasteiger partial charge in [0.2, 0.25) is 0 Å². The van der Waals surface area contributed by atoms with E-state index in [1.54, 1.807) is 0 Å². The Morgan fingerprint density at radius 1 is 0.412 bits per heavy atom. The molecule has 8 aromatic rings. The van der Waals surface area contributed by atoms with Crippen molar-refractivity contribution >= 4 is 22.9 Å². The molecule has 0 saturated heterocycles. The Hall–Kier alpha value is -6.64. The van der Waals surface area contributed by atoms with E-state index in [1.165, 1.54) is 49.7 Å². The summed E-state index contributed by atoms with van der Waals surface area (Å²) >= 11 is 0. The molecule has 0 aromatic heterocycles. The Balaban J connectivity index is 1.22. The second-order valence-electron chi connectivity index (χ2n) is 13.2. The third-order valence-electron chi connectivity index (χ3n) is 10.4. The Morgan fingerprint density at radius 2 is 1.02 bits per heavy atom. The van der Waals surface area contributed by atoms with Crippen molar-refractivity contribution in [1.29, 1.82) is 0 Å². The normalized spacial score (nSPS) is 13.5. The van der Waals surface area contributed by atoms with Gasteiger partial charge in [0.15, 0.2) is 23.0 Å². The predicted octanol–water partition coefficient (Wildman–Crippen LogP) is 12.9. The third-order valence-corrected chi connectivity index (χ3v) is 10.4. The first-order valence-corrected chi connectivity index (χ1v) is 17.4. The lowest BCUT2D eigenvalue weighted by atomic mass is 9.67. The minimum absolute atomic E-state index is 0.560. The Labute approximate surface area is 297 Å². The molecule has 1 aliphatic carbocycles. The zero-order chi connectivity index (χ0) is 33.8. The molecule has 1 aliphatic heterocycles. The van der Waals surface area contributed by atoms with Crippen LogP contribution in [-0.2, 0) is 5.41 Å². The van der Waals surface area contributed by atoms with Crippen LogP contribution in [0.3, 0.4) is 0 Å². The van der Waals surface area contributed by atoms with E-state index in [-0.39, 0.29) is 0 Å². The molecule has 0 amide bonds. The number of fused-ring (bicyclic) bond motifs is 7. The molecule has 2 nitrogen and oxygen atoms in total. The maximum atomic E-state index is 6.80. The molecule has 2 heteroatoms. The lowest BCUT2D eigenvalue weighted by Gasteiger charge is -2.34. The minimum atomic E-state index is -0.560. The molecule has 0 bridgehead atoms. The molecule has 0 unspecified atom stereocenters. The van der Waals surface area contributed by atoms with Gasteiger partial charge in [0.05, 0.1) is 5.41 Å². The number of benzene rings is 8. The molecule has 0 fully saturated rings. The van der Waals surface area contributed by atoms with Crippen molar-refractivity contribution in [3.63, 3.8) is 0 Å². The van der Waals surface area contributed by atoms with E-state index in [0.29, 0.717) is 0 Å². The Bertz CT molecular complexity index is 2580. The highest BCUT2D eigenvalue weighted by atomic mass is 16.6. The molecule has 240 valence electrons. The predicted molar refractivity (Wildman–Crippen MR) is 209 cm³/mol. The third kappa shape index (κ3) is 4.57. The molecule has 10 rings (SSSR count). The molecular weight excluding hydrogens is 621 g/mol. The molecule has 0 spiro atoms. The van der Waals surface area contributed by atoms with Gasteiger partial charge >= 0.3 is 0 Å². The van der Waals surface area contributed by atoms with Crippen molar-refractivity contribution < 1.29 is 9.47 Å². The number of ether oxygens (including phenoxy) is 2. The van der Waals surface area contributed by atoms with E-state index in [0.717, 1.165) is 39.7 Å². The fourth-order valence-corrected chi connectivity index (χ4v) is 8.20. The Morgan fingerprint density at radius 3 is 1.75 bits per heavy atom. The fraction of sp³-hybridized carbons (Fsp3) is 0.0204. The molecule has 0 atom stereocenters. The van der Waals surface area contributed by atoms with Crippen molar-refractivity contribution in [3.8, 4) is 45.3 Å². The lowest BCUT2D eigenvalue weighted by molar-refractivity contribution is 0.360. The van der Waals surface area contributed by atoms with E-state index in [1.807, 2.05) is 30.3 Å². The van der Waals surface area contributed by atoms with Crippen molar-refractivity contribution in [2.75, 3.05) is 0 Å². The zero-order valence-corrected chi connectivity index (χ0v) is 27.8. The summed E-state index contributed by atoms with van der Waals surface area (Å²) in [6.45, 7) is 0. The van der Waals surface area contributed by atoms with Crippen LogP contribution in [0.1, 0.15) is 33.4 Å².